The van der Waals surface area contributed by atoms with Crippen molar-refractivity contribution in [2.45, 2.75) is 13.3 Å². The Bertz CT molecular complexity index is 851. The van der Waals surface area contributed by atoms with Crippen LogP contribution in [0.4, 0.5) is 11.4 Å². The molecule has 2 aromatic rings. The zero-order valence-electron chi connectivity index (χ0n) is 14.1. The maximum Gasteiger partial charge on any atom is 0.316 e. The molecular formula is C19H17BrN2O4. The number of rotatable bonds is 4. The molecule has 7 heteroatoms. The summed E-state index contributed by atoms with van der Waals surface area (Å²) in [5.74, 6) is -0.882. The van der Waals surface area contributed by atoms with E-state index in [0.717, 1.165) is 10.2 Å². The van der Waals surface area contributed by atoms with Gasteiger partial charge in [-0.25, -0.2) is 0 Å². The smallest absolute Gasteiger partial charge is 0.316 e. The number of esters is 1. The molecule has 1 aliphatic rings. The van der Waals surface area contributed by atoms with Gasteiger partial charge in [0.05, 0.1) is 11.6 Å². The molecule has 26 heavy (non-hydrogen) atoms. The van der Waals surface area contributed by atoms with Crippen LogP contribution in [0.1, 0.15) is 13.3 Å². The van der Waals surface area contributed by atoms with E-state index in [9.17, 15) is 14.4 Å². The molecular weight excluding hydrogens is 400 g/mol. The summed E-state index contributed by atoms with van der Waals surface area (Å²) in [5, 5.41) is 2.64. The number of carbonyl (C=O) groups is 3. The van der Waals surface area contributed by atoms with E-state index < -0.39 is 11.9 Å². The number of nitrogens with zero attached hydrogens (tertiary/aromatic N) is 1. The lowest BCUT2D eigenvalue weighted by atomic mass is 10.1. The van der Waals surface area contributed by atoms with Crippen molar-refractivity contribution in [2.24, 2.45) is 5.92 Å². The van der Waals surface area contributed by atoms with Gasteiger partial charge < -0.3 is 15.0 Å². The quantitative estimate of drug-likeness (QED) is 0.612. The average molecular weight is 417 g/mol. The summed E-state index contributed by atoms with van der Waals surface area (Å²) < 4.78 is 6.18. The number of para-hydroxylation sites is 1. The van der Waals surface area contributed by atoms with Gasteiger partial charge in [0.1, 0.15) is 5.75 Å². The molecule has 0 aliphatic carbocycles. The van der Waals surface area contributed by atoms with Gasteiger partial charge in [-0.2, -0.15) is 0 Å². The van der Waals surface area contributed by atoms with E-state index >= 15 is 0 Å². The van der Waals surface area contributed by atoms with Crippen molar-refractivity contribution in [3.8, 4) is 5.75 Å². The van der Waals surface area contributed by atoms with Crippen molar-refractivity contribution < 1.29 is 19.1 Å². The third-order valence-corrected chi connectivity index (χ3v) is 4.67. The molecule has 134 valence electrons. The molecule has 3 rings (SSSR count). The maximum atomic E-state index is 12.4. The number of amides is 2. The predicted octanol–water partition coefficient (Wildman–Crippen LogP) is 3.37. The molecule has 0 radical (unpaired) electrons. The van der Waals surface area contributed by atoms with Crippen LogP contribution in [0, 0.1) is 5.92 Å². The lowest BCUT2D eigenvalue weighted by molar-refractivity contribution is -0.139. The second-order valence-electron chi connectivity index (χ2n) is 5.98. The van der Waals surface area contributed by atoms with Crippen LogP contribution in [0.15, 0.2) is 53.0 Å². The fourth-order valence-electron chi connectivity index (χ4n) is 2.78. The lowest BCUT2D eigenvalue weighted by Crippen LogP contribution is -2.27. The topological polar surface area (TPSA) is 75.7 Å². The third-order valence-electron chi connectivity index (χ3n) is 3.99. The van der Waals surface area contributed by atoms with Gasteiger partial charge >= 0.3 is 5.97 Å². The molecule has 1 N–H and O–H groups in total. The van der Waals surface area contributed by atoms with Crippen molar-refractivity contribution in [2.75, 3.05) is 16.8 Å². The van der Waals surface area contributed by atoms with Crippen molar-refractivity contribution in [3.05, 3.63) is 53.0 Å². The molecule has 1 atom stereocenters. The van der Waals surface area contributed by atoms with Crippen molar-refractivity contribution in [1.29, 1.82) is 0 Å². The number of ether oxygens (including phenoxy) is 1. The maximum absolute atomic E-state index is 12.4. The minimum absolute atomic E-state index is 0.111. The molecule has 6 nitrogen and oxygen atoms in total. The first-order chi connectivity index (χ1) is 12.4. The molecule has 1 fully saturated rings. The Morgan fingerprint density at radius 3 is 2.50 bits per heavy atom. The van der Waals surface area contributed by atoms with Crippen LogP contribution in [-0.4, -0.2) is 24.3 Å². The summed E-state index contributed by atoms with van der Waals surface area (Å²) in [4.78, 5) is 37.3. The molecule has 1 saturated heterocycles. The van der Waals surface area contributed by atoms with E-state index in [2.05, 4.69) is 21.2 Å². The standard InChI is InChI=1S/C19H17BrN2O4/c1-12(23)21-14-6-8-15(9-7-14)26-19(25)13-10-18(24)22(11-13)17-5-3-2-4-16(17)20/h2-9,13H,10-11H2,1H3,(H,21,23). The Hall–Kier alpha value is -2.67. The van der Waals surface area contributed by atoms with Crippen LogP contribution in [0.3, 0.4) is 0 Å². The van der Waals surface area contributed by atoms with Crippen LogP contribution < -0.4 is 15.0 Å². The normalized spacial score (nSPS) is 16.5. The van der Waals surface area contributed by atoms with E-state index in [1.54, 1.807) is 29.2 Å². The minimum Gasteiger partial charge on any atom is -0.426 e. The molecule has 0 spiro atoms. The first-order valence-corrected chi connectivity index (χ1v) is 8.87. The highest BCUT2D eigenvalue weighted by molar-refractivity contribution is 9.10. The van der Waals surface area contributed by atoms with Gasteiger partial charge in [0.15, 0.2) is 0 Å². The van der Waals surface area contributed by atoms with Crippen LogP contribution in [0.25, 0.3) is 0 Å². The first kappa shape index (κ1) is 18.1. The van der Waals surface area contributed by atoms with Crippen molar-refractivity contribution >= 4 is 45.1 Å². The number of halogens is 1. The van der Waals surface area contributed by atoms with E-state index in [4.69, 9.17) is 4.74 Å². The fourth-order valence-corrected chi connectivity index (χ4v) is 3.28. The van der Waals surface area contributed by atoms with Gasteiger partial charge in [0, 0.05) is 30.0 Å². The van der Waals surface area contributed by atoms with Crippen LogP contribution in [-0.2, 0) is 14.4 Å². The molecule has 0 aromatic heterocycles. The Morgan fingerprint density at radius 1 is 1.15 bits per heavy atom. The van der Waals surface area contributed by atoms with Gasteiger partial charge in [0.2, 0.25) is 11.8 Å². The van der Waals surface area contributed by atoms with Gasteiger partial charge in [-0.15, -0.1) is 0 Å². The second-order valence-corrected chi connectivity index (χ2v) is 6.84. The van der Waals surface area contributed by atoms with E-state index in [1.807, 2.05) is 24.3 Å². The van der Waals surface area contributed by atoms with Crippen LogP contribution in [0.5, 0.6) is 5.75 Å². The van der Waals surface area contributed by atoms with Gasteiger partial charge in [-0.1, -0.05) is 12.1 Å². The van der Waals surface area contributed by atoms with E-state index in [1.165, 1.54) is 6.92 Å². The molecule has 0 saturated carbocycles. The zero-order chi connectivity index (χ0) is 18.7. The number of nitrogens with one attached hydrogen (secondary N) is 1. The number of benzene rings is 2. The largest absolute Gasteiger partial charge is 0.426 e. The number of anilines is 2. The second kappa shape index (κ2) is 7.70. The summed E-state index contributed by atoms with van der Waals surface area (Å²) in [6.07, 6.45) is 0.115. The fraction of sp³-hybridized carbons (Fsp3) is 0.211. The highest BCUT2D eigenvalue weighted by Gasteiger charge is 2.37. The van der Waals surface area contributed by atoms with Gasteiger partial charge in [0.25, 0.3) is 0 Å². The Balaban J connectivity index is 1.65. The monoisotopic (exact) mass is 416 g/mol. The Kier molecular flexibility index (Phi) is 5.37. The summed E-state index contributed by atoms with van der Waals surface area (Å²) in [6.45, 7) is 1.70. The van der Waals surface area contributed by atoms with E-state index in [-0.39, 0.29) is 24.8 Å². The molecule has 1 aliphatic heterocycles. The summed E-state index contributed by atoms with van der Waals surface area (Å²) in [5.41, 5.74) is 1.36. The molecule has 2 aromatic carbocycles. The third kappa shape index (κ3) is 4.11. The number of hydrogen-bond acceptors (Lipinski definition) is 4. The number of carbonyl (C=O) groups excluding carboxylic acids is 3. The van der Waals surface area contributed by atoms with Crippen molar-refractivity contribution in [1.82, 2.24) is 0 Å². The Morgan fingerprint density at radius 2 is 1.85 bits per heavy atom. The molecule has 1 unspecified atom stereocenters. The van der Waals surface area contributed by atoms with Crippen LogP contribution >= 0.6 is 15.9 Å². The van der Waals surface area contributed by atoms with Crippen molar-refractivity contribution in [3.63, 3.8) is 0 Å². The average Bonchev–Trinajstić information content (AvgIpc) is 2.98. The first-order valence-electron chi connectivity index (χ1n) is 8.08. The minimum atomic E-state index is -0.523. The van der Waals surface area contributed by atoms with Gasteiger partial charge in [-0.05, 0) is 52.3 Å². The summed E-state index contributed by atoms with van der Waals surface area (Å²) in [6, 6.07) is 13.9. The van der Waals surface area contributed by atoms with E-state index in [0.29, 0.717) is 11.4 Å². The lowest BCUT2D eigenvalue weighted by Gasteiger charge is -2.18. The number of hydrogen-bond donors (Lipinski definition) is 1. The highest BCUT2D eigenvalue weighted by Crippen LogP contribution is 2.32. The molecule has 1 heterocycles. The predicted molar refractivity (Wildman–Crippen MR) is 101 cm³/mol. The summed E-state index contributed by atoms with van der Waals surface area (Å²) in [7, 11) is 0. The summed E-state index contributed by atoms with van der Waals surface area (Å²) >= 11 is 3.43. The van der Waals surface area contributed by atoms with Crippen LogP contribution in [0.2, 0.25) is 0 Å². The highest BCUT2D eigenvalue weighted by atomic mass is 79.9. The zero-order valence-corrected chi connectivity index (χ0v) is 15.7. The molecule has 0 bridgehead atoms. The SMILES string of the molecule is CC(=O)Nc1ccc(OC(=O)C2CC(=O)N(c3ccccc3Br)C2)cc1. The molecule has 2 amide bonds. The van der Waals surface area contributed by atoms with Gasteiger partial charge in [-0.3, -0.25) is 14.4 Å². The Labute approximate surface area is 159 Å².